The molecule has 0 unspecified atom stereocenters. The molecule has 0 N–H and O–H groups in total. The Kier molecular flexibility index (Phi) is 5.89. The van der Waals surface area contributed by atoms with Crippen LogP contribution in [0.25, 0.3) is 0 Å². The maximum atomic E-state index is 12.5. The van der Waals surface area contributed by atoms with E-state index in [1.165, 1.54) is 16.9 Å². The summed E-state index contributed by atoms with van der Waals surface area (Å²) < 4.78 is 15.9. The second-order valence-corrected chi connectivity index (χ2v) is 6.82. The first-order chi connectivity index (χ1) is 10.5. The minimum atomic E-state index is -0.828. The van der Waals surface area contributed by atoms with Crippen molar-refractivity contribution in [3.05, 3.63) is 0 Å². The van der Waals surface area contributed by atoms with E-state index in [1.807, 2.05) is 0 Å². The molecule has 1 aliphatic rings. The number of methoxy groups -OCH3 is 1. The number of amides is 2. The van der Waals surface area contributed by atoms with Gasteiger partial charge in [-0.05, 0) is 34.6 Å². The van der Waals surface area contributed by atoms with Crippen molar-refractivity contribution in [3.63, 3.8) is 0 Å². The standard InChI is InChI=1S/C16H26N2O5/c1-8-9-17(13(19)21-7)10-12-11-22-16(5,6)18(12)14(20)23-15(2,3)4/h1,12H,9-11H2,2-7H3/t12-/m1/s1. The first-order valence-electron chi connectivity index (χ1n) is 7.44. The summed E-state index contributed by atoms with van der Waals surface area (Å²) in [7, 11) is 1.28. The highest BCUT2D eigenvalue weighted by molar-refractivity contribution is 5.70. The quantitative estimate of drug-likeness (QED) is 0.743. The van der Waals surface area contributed by atoms with Crippen LogP contribution in [0.5, 0.6) is 0 Å². The van der Waals surface area contributed by atoms with E-state index in [9.17, 15) is 9.59 Å². The highest BCUT2D eigenvalue weighted by Crippen LogP contribution is 2.29. The number of terminal acetylenes is 1. The van der Waals surface area contributed by atoms with Gasteiger partial charge in [-0.2, -0.15) is 0 Å². The Hall–Kier alpha value is -1.94. The maximum absolute atomic E-state index is 12.5. The van der Waals surface area contributed by atoms with Gasteiger partial charge in [0.05, 0.1) is 26.3 Å². The fourth-order valence-electron chi connectivity index (χ4n) is 2.40. The fraction of sp³-hybridized carbons (Fsp3) is 0.750. The van der Waals surface area contributed by atoms with Gasteiger partial charge in [0.2, 0.25) is 0 Å². The lowest BCUT2D eigenvalue weighted by Crippen LogP contribution is -2.53. The number of ether oxygens (including phenoxy) is 3. The van der Waals surface area contributed by atoms with Gasteiger partial charge in [0.25, 0.3) is 0 Å². The maximum Gasteiger partial charge on any atom is 0.412 e. The van der Waals surface area contributed by atoms with Gasteiger partial charge < -0.3 is 14.2 Å². The smallest absolute Gasteiger partial charge is 0.412 e. The Bertz CT molecular complexity index is 490. The van der Waals surface area contributed by atoms with Gasteiger partial charge in [0.1, 0.15) is 11.3 Å². The molecule has 1 aliphatic heterocycles. The summed E-state index contributed by atoms with van der Waals surface area (Å²) in [5, 5.41) is 0. The van der Waals surface area contributed by atoms with E-state index in [-0.39, 0.29) is 25.7 Å². The molecule has 0 aromatic heterocycles. The zero-order chi connectivity index (χ0) is 17.8. The number of hydrogen-bond donors (Lipinski definition) is 0. The Morgan fingerprint density at radius 1 is 1.43 bits per heavy atom. The van der Waals surface area contributed by atoms with Crippen LogP contribution in [0, 0.1) is 12.3 Å². The molecule has 1 saturated heterocycles. The van der Waals surface area contributed by atoms with E-state index in [4.69, 9.17) is 20.6 Å². The van der Waals surface area contributed by atoms with E-state index in [2.05, 4.69) is 5.92 Å². The molecular formula is C16H26N2O5. The predicted octanol–water partition coefficient (Wildman–Crippen LogP) is 2.06. The molecule has 7 nitrogen and oxygen atoms in total. The Labute approximate surface area is 137 Å². The minimum Gasteiger partial charge on any atom is -0.453 e. The van der Waals surface area contributed by atoms with E-state index in [0.717, 1.165) is 0 Å². The zero-order valence-corrected chi connectivity index (χ0v) is 14.7. The van der Waals surface area contributed by atoms with E-state index < -0.39 is 23.5 Å². The predicted molar refractivity (Wildman–Crippen MR) is 84.7 cm³/mol. The van der Waals surface area contributed by atoms with Crippen molar-refractivity contribution in [1.29, 1.82) is 0 Å². The molecule has 0 aliphatic carbocycles. The molecule has 0 bridgehead atoms. The lowest BCUT2D eigenvalue weighted by Gasteiger charge is -2.36. The lowest BCUT2D eigenvalue weighted by atomic mass is 10.2. The molecule has 23 heavy (non-hydrogen) atoms. The molecule has 7 heteroatoms. The van der Waals surface area contributed by atoms with Crippen LogP contribution in [0.2, 0.25) is 0 Å². The zero-order valence-electron chi connectivity index (χ0n) is 14.7. The molecular weight excluding hydrogens is 300 g/mol. The Balaban J connectivity index is 2.93. The van der Waals surface area contributed by atoms with E-state index >= 15 is 0 Å². The minimum absolute atomic E-state index is 0.0890. The van der Waals surface area contributed by atoms with Crippen LogP contribution in [0.4, 0.5) is 9.59 Å². The topological polar surface area (TPSA) is 68.3 Å². The largest absolute Gasteiger partial charge is 0.453 e. The highest BCUT2D eigenvalue weighted by atomic mass is 16.6. The summed E-state index contributed by atoms with van der Waals surface area (Å²) in [4.78, 5) is 27.2. The first kappa shape index (κ1) is 19.1. The van der Waals surface area contributed by atoms with Crippen molar-refractivity contribution in [3.8, 4) is 12.3 Å². The fourth-order valence-corrected chi connectivity index (χ4v) is 2.40. The molecule has 0 radical (unpaired) electrons. The van der Waals surface area contributed by atoms with Gasteiger partial charge in [0.15, 0.2) is 0 Å². The molecule has 0 aromatic rings. The van der Waals surface area contributed by atoms with Gasteiger partial charge in [-0.25, -0.2) is 9.59 Å². The van der Waals surface area contributed by atoms with Gasteiger partial charge >= 0.3 is 12.2 Å². The number of carbonyl (C=O) groups excluding carboxylic acids is 2. The molecule has 0 saturated carbocycles. The SMILES string of the molecule is C#CCN(C[C@@H]1COC(C)(C)N1C(=O)OC(C)(C)C)C(=O)OC. The van der Waals surface area contributed by atoms with Crippen LogP contribution >= 0.6 is 0 Å². The summed E-state index contributed by atoms with van der Waals surface area (Å²) in [6, 6.07) is -0.368. The molecule has 1 fully saturated rings. The first-order valence-corrected chi connectivity index (χ1v) is 7.44. The van der Waals surface area contributed by atoms with Crippen molar-refractivity contribution in [2.45, 2.75) is 52.0 Å². The van der Waals surface area contributed by atoms with Crippen LogP contribution in [-0.4, -0.2) is 66.2 Å². The molecule has 0 spiro atoms. The van der Waals surface area contributed by atoms with Gasteiger partial charge in [-0.15, -0.1) is 6.42 Å². The second-order valence-electron chi connectivity index (χ2n) is 6.82. The van der Waals surface area contributed by atoms with E-state index in [1.54, 1.807) is 34.6 Å². The molecule has 0 aromatic carbocycles. The van der Waals surface area contributed by atoms with Gasteiger partial charge in [-0.1, -0.05) is 5.92 Å². The second kappa shape index (κ2) is 7.09. The van der Waals surface area contributed by atoms with Crippen LogP contribution < -0.4 is 0 Å². The number of rotatable bonds is 3. The molecule has 1 atom stereocenters. The summed E-state index contributed by atoms with van der Waals surface area (Å²) in [5.41, 5.74) is -1.45. The highest BCUT2D eigenvalue weighted by Gasteiger charge is 2.46. The van der Waals surface area contributed by atoms with Crippen LogP contribution in [0.1, 0.15) is 34.6 Å². The molecule has 130 valence electrons. The van der Waals surface area contributed by atoms with Gasteiger partial charge in [-0.3, -0.25) is 9.80 Å². The third-order valence-electron chi connectivity index (χ3n) is 3.31. The molecule has 2 amide bonds. The normalized spacial score (nSPS) is 19.9. The average molecular weight is 326 g/mol. The Morgan fingerprint density at radius 3 is 2.52 bits per heavy atom. The number of hydrogen-bond acceptors (Lipinski definition) is 5. The third-order valence-corrected chi connectivity index (χ3v) is 3.31. The van der Waals surface area contributed by atoms with Crippen molar-refractivity contribution < 1.29 is 23.8 Å². The molecule has 1 rings (SSSR count). The Morgan fingerprint density at radius 2 is 2.04 bits per heavy atom. The summed E-state index contributed by atoms with van der Waals surface area (Å²) in [6.07, 6.45) is 4.26. The molecule has 1 heterocycles. The van der Waals surface area contributed by atoms with E-state index in [0.29, 0.717) is 0 Å². The lowest BCUT2D eigenvalue weighted by molar-refractivity contribution is -0.0631. The summed E-state index contributed by atoms with van der Waals surface area (Å²) >= 11 is 0. The number of nitrogens with zero attached hydrogens (tertiary/aromatic N) is 2. The van der Waals surface area contributed by atoms with Crippen LogP contribution in [-0.2, 0) is 14.2 Å². The summed E-state index contributed by atoms with van der Waals surface area (Å²) in [5.74, 6) is 2.41. The van der Waals surface area contributed by atoms with Crippen molar-refractivity contribution in [1.82, 2.24) is 9.80 Å². The van der Waals surface area contributed by atoms with Crippen molar-refractivity contribution in [2.24, 2.45) is 0 Å². The van der Waals surface area contributed by atoms with Crippen LogP contribution in [0.3, 0.4) is 0 Å². The summed E-state index contributed by atoms with van der Waals surface area (Å²) in [6.45, 7) is 9.52. The monoisotopic (exact) mass is 326 g/mol. The third kappa shape index (κ3) is 5.03. The van der Waals surface area contributed by atoms with Crippen molar-refractivity contribution in [2.75, 3.05) is 26.8 Å². The number of carbonyl (C=O) groups is 2. The van der Waals surface area contributed by atoms with Crippen LogP contribution in [0.15, 0.2) is 0 Å². The average Bonchev–Trinajstić information content (AvgIpc) is 2.70. The van der Waals surface area contributed by atoms with Gasteiger partial charge in [0, 0.05) is 6.54 Å². The van der Waals surface area contributed by atoms with Crippen molar-refractivity contribution >= 4 is 12.2 Å².